The third kappa shape index (κ3) is 3.91. The second-order valence-corrected chi connectivity index (χ2v) is 6.67. The Morgan fingerprint density at radius 3 is 2.32 bits per heavy atom. The maximum Gasteiger partial charge on any atom is 0.330 e. The van der Waals surface area contributed by atoms with Crippen LogP contribution in [0.15, 0.2) is 52.2 Å². The second kappa shape index (κ2) is 6.56. The van der Waals surface area contributed by atoms with Gasteiger partial charge >= 0.3 is 5.69 Å². The molecule has 0 spiro atoms. The number of carbonyl (C=O) groups excluding carboxylic acids is 1. The van der Waals surface area contributed by atoms with Gasteiger partial charge < -0.3 is 5.32 Å². The molecule has 1 heterocycles. The summed E-state index contributed by atoms with van der Waals surface area (Å²) in [4.78, 5) is 37.1. The van der Waals surface area contributed by atoms with Crippen LogP contribution in [0, 0.1) is 0 Å². The molecular weight excluding hydrogens is 353 g/mol. The van der Waals surface area contributed by atoms with Gasteiger partial charge in [0, 0.05) is 17.8 Å². The van der Waals surface area contributed by atoms with E-state index in [0.717, 1.165) is 16.8 Å². The van der Waals surface area contributed by atoms with Gasteiger partial charge in [-0.2, -0.15) is 0 Å². The van der Waals surface area contributed by atoms with Gasteiger partial charge in [0.05, 0.1) is 0 Å². The molecule has 0 fully saturated rings. The summed E-state index contributed by atoms with van der Waals surface area (Å²) in [5, 5.41) is 2.46. The number of carbonyl (C=O) groups is 1. The monoisotopic (exact) mass is 361 g/mol. The summed E-state index contributed by atoms with van der Waals surface area (Å²) in [6.45, 7) is 0. The molecule has 0 saturated carbocycles. The molecule has 116 valence electrons. The van der Waals surface area contributed by atoms with E-state index in [9.17, 15) is 14.4 Å². The van der Waals surface area contributed by atoms with Crippen LogP contribution in [0.5, 0.6) is 0 Å². The topological polar surface area (TPSA) is 84.0 Å². The first-order chi connectivity index (χ1) is 10.3. The van der Waals surface area contributed by atoms with Crippen molar-refractivity contribution >= 4 is 40.7 Å². The molecule has 0 unspecified atom stereocenters. The number of amides is 1. The zero-order valence-corrected chi connectivity index (χ0v) is 13.2. The minimum atomic E-state index is -2.01. The Bertz CT molecular complexity index is 781. The minimum Gasteiger partial charge on any atom is -0.328 e. The fourth-order valence-electron chi connectivity index (χ4n) is 1.74. The van der Waals surface area contributed by atoms with Crippen molar-refractivity contribution in [3.63, 3.8) is 0 Å². The van der Waals surface area contributed by atoms with Gasteiger partial charge in [0.1, 0.15) is 0 Å². The minimum absolute atomic E-state index is 0.333. The Morgan fingerprint density at radius 1 is 1.14 bits per heavy atom. The van der Waals surface area contributed by atoms with Gasteiger partial charge in [-0.05, 0) is 12.1 Å². The number of nitrogens with zero attached hydrogens (tertiary/aromatic N) is 1. The SMILES string of the molecule is O=C(N[C@@H](n1ccc(=O)[nH]c1=O)C(Cl)(Cl)Cl)c1ccccc1. The molecule has 22 heavy (non-hydrogen) atoms. The van der Waals surface area contributed by atoms with E-state index in [1.807, 2.05) is 4.98 Å². The molecule has 0 aliphatic heterocycles. The van der Waals surface area contributed by atoms with Gasteiger partial charge in [-0.1, -0.05) is 53.0 Å². The average molecular weight is 363 g/mol. The number of hydrogen-bond acceptors (Lipinski definition) is 3. The Morgan fingerprint density at radius 2 is 1.77 bits per heavy atom. The first kappa shape index (κ1) is 16.6. The van der Waals surface area contributed by atoms with Crippen LogP contribution in [-0.4, -0.2) is 19.3 Å². The summed E-state index contributed by atoms with van der Waals surface area (Å²) >= 11 is 17.5. The van der Waals surface area contributed by atoms with E-state index in [1.54, 1.807) is 30.3 Å². The first-order valence-corrected chi connectivity index (χ1v) is 7.16. The van der Waals surface area contributed by atoms with Crippen molar-refractivity contribution < 1.29 is 4.79 Å². The first-order valence-electron chi connectivity index (χ1n) is 6.03. The van der Waals surface area contributed by atoms with Gasteiger partial charge in [0.2, 0.25) is 3.79 Å². The van der Waals surface area contributed by atoms with E-state index in [2.05, 4.69) is 5.32 Å². The van der Waals surface area contributed by atoms with Crippen LogP contribution in [-0.2, 0) is 0 Å². The van der Waals surface area contributed by atoms with Gasteiger partial charge in [-0.3, -0.25) is 19.1 Å². The highest BCUT2D eigenvalue weighted by atomic mass is 35.6. The highest BCUT2D eigenvalue weighted by Crippen LogP contribution is 2.36. The lowest BCUT2D eigenvalue weighted by atomic mass is 10.2. The summed E-state index contributed by atoms with van der Waals surface area (Å²) in [5.41, 5.74) is -1.07. The van der Waals surface area contributed by atoms with Crippen LogP contribution in [0.3, 0.4) is 0 Å². The number of benzene rings is 1. The molecule has 0 bridgehead atoms. The molecule has 0 saturated heterocycles. The van der Waals surface area contributed by atoms with Crippen molar-refractivity contribution in [2.45, 2.75) is 9.96 Å². The summed E-state index contributed by atoms with van der Waals surface area (Å²) < 4.78 is -1.08. The predicted molar refractivity (Wildman–Crippen MR) is 84.6 cm³/mol. The quantitative estimate of drug-likeness (QED) is 0.817. The van der Waals surface area contributed by atoms with E-state index in [1.165, 1.54) is 0 Å². The molecule has 6 nitrogen and oxygen atoms in total. The van der Waals surface area contributed by atoms with Gasteiger partial charge in [-0.25, -0.2) is 4.79 Å². The zero-order chi connectivity index (χ0) is 16.3. The lowest BCUT2D eigenvalue weighted by Crippen LogP contribution is -2.46. The maximum atomic E-state index is 12.2. The molecule has 1 aromatic carbocycles. The van der Waals surface area contributed by atoms with E-state index in [4.69, 9.17) is 34.8 Å². The largest absolute Gasteiger partial charge is 0.330 e. The number of aromatic nitrogens is 2. The Hall–Kier alpha value is -1.76. The van der Waals surface area contributed by atoms with Crippen LogP contribution in [0.1, 0.15) is 16.5 Å². The van der Waals surface area contributed by atoms with Crippen molar-refractivity contribution in [2.24, 2.45) is 0 Å². The van der Waals surface area contributed by atoms with E-state index < -0.39 is 27.1 Å². The Balaban J connectivity index is 2.38. The number of nitrogens with one attached hydrogen (secondary N) is 2. The number of hydrogen-bond donors (Lipinski definition) is 2. The molecule has 1 atom stereocenters. The third-order valence-electron chi connectivity index (χ3n) is 2.74. The van der Waals surface area contributed by atoms with E-state index >= 15 is 0 Å². The predicted octanol–water partition coefficient (Wildman–Crippen LogP) is 1.84. The molecular formula is C13H10Cl3N3O3. The number of alkyl halides is 3. The van der Waals surface area contributed by atoms with Crippen LogP contribution >= 0.6 is 34.8 Å². The number of halogens is 3. The second-order valence-electron chi connectivity index (χ2n) is 4.30. The summed E-state index contributed by atoms with van der Waals surface area (Å²) in [6, 6.07) is 9.31. The molecule has 0 aliphatic rings. The number of H-pyrrole nitrogens is 1. The van der Waals surface area contributed by atoms with Gasteiger partial charge in [0.15, 0.2) is 6.17 Å². The summed E-state index contributed by atoms with van der Waals surface area (Å²) in [5.74, 6) is -0.532. The molecule has 1 aromatic heterocycles. The normalized spacial score (nSPS) is 12.7. The highest BCUT2D eigenvalue weighted by molar-refractivity contribution is 6.67. The standard InChI is InChI=1S/C13H10Cl3N3O3/c14-13(15,16)11(19-7-6-9(20)17-12(19)22)18-10(21)8-4-2-1-3-5-8/h1-7,11H,(H,18,21)(H,17,20,22)/t11-/m0/s1. The van der Waals surface area contributed by atoms with Crippen LogP contribution in [0.2, 0.25) is 0 Å². The molecule has 2 N–H and O–H groups in total. The Labute approximate surface area is 139 Å². The number of rotatable bonds is 3. The fraction of sp³-hybridized carbons (Fsp3) is 0.154. The highest BCUT2D eigenvalue weighted by Gasteiger charge is 2.36. The lowest BCUT2D eigenvalue weighted by Gasteiger charge is -2.27. The van der Waals surface area contributed by atoms with E-state index in [0.29, 0.717) is 5.56 Å². The van der Waals surface area contributed by atoms with Crippen LogP contribution in [0.4, 0.5) is 0 Å². The van der Waals surface area contributed by atoms with Crippen molar-refractivity contribution in [3.8, 4) is 0 Å². The van der Waals surface area contributed by atoms with Crippen molar-refractivity contribution in [2.75, 3.05) is 0 Å². The number of aromatic amines is 1. The van der Waals surface area contributed by atoms with Crippen LogP contribution < -0.4 is 16.6 Å². The third-order valence-corrected chi connectivity index (χ3v) is 3.36. The lowest BCUT2D eigenvalue weighted by molar-refractivity contribution is 0.0919. The van der Waals surface area contributed by atoms with Crippen molar-refractivity contribution in [1.29, 1.82) is 0 Å². The molecule has 9 heteroatoms. The van der Waals surface area contributed by atoms with Gasteiger partial charge in [0.25, 0.3) is 11.5 Å². The molecule has 2 rings (SSSR count). The van der Waals surface area contributed by atoms with Crippen molar-refractivity contribution in [3.05, 3.63) is 69.0 Å². The molecule has 0 radical (unpaired) electrons. The summed E-state index contributed by atoms with van der Waals surface area (Å²) in [7, 11) is 0. The average Bonchev–Trinajstić information content (AvgIpc) is 2.45. The van der Waals surface area contributed by atoms with Gasteiger partial charge in [-0.15, -0.1) is 0 Å². The molecule has 2 aromatic rings. The smallest absolute Gasteiger partial charge is 0.328 e. The van der Waals surface area contributed by atoms with E-state index in [-0.39, 0.29) is 0 Å². The fourth-order valence-corrected chi connectivity index (χ4v) is 2.22. The zero-order valence-electron chi connectivity index (χ0n) is 10.9. The summed E-state index contributed by atoms with van der Waals surface area (Å²) in [6.07, 6.45) is -0.159. The van der Waals surface area contributed by atoms with Crippen LogP contribution in [0.25, 0.3) is 0 Å². The Kier molecular flexibility index (Phi) is 4.95. The molecule has 0 aliphatic carbocycles. The maximum absolute atomic E-state index is 12.2. The molecule has 1 amide bonds. The van der Waals surface area contributed by atoms with Crippen molar-refractivity contribution in [1.82, 2.24) is 14.9 Å².